The number of rotatable bonds is 5. The van der Waals surface area contributed by atoms with Gasteiger partial charge in [-0.15, -0.1) is 0 Å². The first-order valence-electron chi connectivity index (χ1n) is 5.32. The fourth-order valence-corrected chi connectivity index (χ4v) is 1.91. The van der Waals surface area contributed by atoms with Crippen molar-refractivity contribution in [1.29, 1.82) is 0 Å². The number of hydrogen-bond donors (Lipinski definition) is 0. The third-order valence-corrected chi connectivity index (χ3v) is 2.74. The molecule has 0 aliphatic rings. The van der Waals surface area contributed by atoms with Gasteiger partial charge in [0.25, 0.3) is 0 Å². The topological polar surface area (TPSA) is 39.4 Å². The fourth-order valence-electron chi connectivity index (χ4n) is 1.45. The quantitative estimate of drug-likeness (QED) is 0.789. The predicted octanol–water partition coefficient (Wildman–Crippen LogP) is 4.08. The zero-order chi connectivity index (χ0) is 12.8. The molecule has 0 bridgehead atoms. The maximum absolute atomic E-state index is 11.8. The first-order valence-corrected chi connectivity index (χ1v) is 6.90. The Morgan fingerprint density at radius 3 is 2.76 bits per heavy atom. The summed E-state index contributed by atoms with van der Waals surface area (Å²) < 4.78 is 11.1. The number of halogens is 2. The molecule has 0 spiro atoms. The lowest BCUT2D eigenvalue weighted by Crippen LogP contribution is -2.10. The van der Waals surface area contributed by atoms with E-state index in [2.05, 4.69) is 38.8 Å². The van der Waals surface area contributed by atoms with Gasteiger partial charge in [-0.1, -0.05) is 13.3 Å². The first kappa shape index (κ1) is 14.5. The summed E-state index contributed by atoms with van der Waals surface area (Å²) in [5.41, 5.74) is 0.280. The molecular weight excluding hydrogens is 352 g/mol. The van der Waals surface area contributed by atoms with Crippen molar-refractivity contribution in [2.24, 2.45) is 0 Å². The van der Waals surface area contributed by atoms with E-state index >= 15 is 0 Å². The van der Waals surface area contributed by atoms with E-state index in [1.54, 1.807) is 19.3 Å². The van der Waals surface area contributed by atoms with E-state index < -0.39 is 0 Å². The van der Waals surface area contributed by atoms with Gasteiger partial charge < -0.3 is 9.15 Å². The van der Waals surface area contributed by atoms with E-state index in [9.17, 15) is 4.79 Å². The summed E-state index contributed by atoms with van der Waals surface area (Å²) in [7, 11) is 1.56. The second kappa shape index (κ2) is 7.01. The molecule has 0 amide bonds. The van der Waals surface area contributed by atoms with Crippen molar-refractivity contribution < 1.29 is 9.15 Å². The summed E-state index contributed by atoms with van der Waals surface area (Å²) in [6.45, 7) is 2.08. The molecule has 1 rings (SSSR count). The second-order valence-electron chi connectivity index (χ2n) is 3.52. The highest BCUT2D eigenvalue weighted by molar-refractivity contribution is 9.28. The van der Waals surface area contributed by atoms with Crippen LogP contribution in [0.3, 0.4) is 0 Å². The van der Waals surface area contributed by atoms with Crippen molar-refractivity contribution >= 4 is 37.9 Å². The minimum atomic E-state index is -0.328. The van der Waals surface area contributed by atoms with Gasteiger partial charge in [0, 0.05) is 12.1 Å². The molecule has 17 heavy (non-hydrogen) atoms. The maximum atomic E-state index is 11.8. The molecule has 0 N–H and O–H groups in total. The summed E-state index contributed by atoms with van der Waals surface area (Å²) in [6.07, 6.45) is 4.31. The Kier molecular flexibility index (Phi) is 5.98. The van der Waals surface area contributed by atoms with Crippen LogP contribution >= 0.6 is 31.9 Å². The van der Waals surface area contributed by atoms with Gasteiger partial charge in [0.15, 0.2) is 0 Å². The van der Waals surface area contributed by atoms with Crippen molar-refractivity contribution in [2.75, 3.05) is 7.11 Å². The van der Waals surface area contributed by atoms with Crippen molar-refractivity contribution in [2.45, 2.75) is 26.2 Å². The summed E-state index contributed by atoms with van der Waals surface area (Å²) in [5, 5.41) is 0. The van der Waals surface area contributed by atoms with Gasteiger partial charge in [0.05, 0.1) is 16.1 Å². The highest BCUT2D eigenvalue weighted by Crippen LogP contribution is 2.23. The van der Waals surface area contributed by atoms with Crippen LogP contribution in [0.2, 0.25) is 0 Å². The molecule has 0 atom stereocenters. The summed E-state index contributed by atoms with van der Waals surface area (Å²) in [6, 6.07) is 1.72. The minimum Gasteiger partial charge on any atom is -0.496 e. The molecule has 0 radical (unpaired) electrons. The van der Waals surface area contributed by atoms with Crippen molar-refractivity contribution in [3.63, 3.8) is 0 Å². The van der Waals surface area contributed by atoms with Crippen LogP contribution in [0, 0.1) is 0 Å². The first-order chi connectivity index (χ1) is 8.08. The normalized spacial score (nSPS) is 10.1. The lowest BCUT2D eigenvalue weighted by Gasteiger charge is -2.07. The molecule has 1 heterocycles. The largest absolute Gasteiger partial charge is 0.496 e. The molecule has 0 aliphatic heterocycles. The second-order valence-corrected chi connectivity index (χ2v) is 6.29. The lowest BCUT2D eigenvalue weighted by molar-refractivity contribution is 0.391. The van der Waals surface area contributed by atoms with Gasteiger partial charge in [-0.25, -0.2) is 4.79 Å². The molecule has 0 unspecified atom stereocenters. The van der Waals surface area contributed by atoms with Gasteiger partial charge in [0.2, 0.25) is 0 Å². The summed E-state index contributed by atoms with van der Waals surface area (Å²) in [4.78, 5) is 11.8. The Morgan fingerprint density at radius 1 is 1.53 bits per heavy atom. The van der Waals surface area contributed by atoms with Crippen molar-refractivity contribution in [3.8, 4) is 5.75 Å². The van der Waals surface area contributed by atoms with E-state index in [1.165, 1.54) is 0 Å². The van der Waals surface area contributed by atoms with Crippen LogP contribution in [0.5, 0.6) is 5.75 Å². The molecule has 3 nitrogen and oxygen atoms in total. The Balaban J connectivity index is 3.16. The molecule has 1 aromatic rings. The molecule has 0 saturated carbocycles. The van der Waals surface area contributed by atoms with Crippen LogP contribution in [-0.2, 0) is 6.42 Å². The highest BCUT2D eigenvalue weighted by atomic mass is 79.9. The van der Waals surface area contributed by atoms with Gasteiger partial charge in [-0.3, -0.25) is 0 Å². The Morgan fingerprint density at radius 2 is 2.24 bits per heavy atom. The number of unbranched alkanes of at least 4 members (excludes halogenated alkanes) is 1. The van der Waals surface area contributed by atoms with E-state index in [4.69, 9.17) is 9.15 Å². The van der Waals surface area contributed by atoms with Crippen LogP contribution in [0.25, 0.3) is 6.08 Å². The van der Waals surface area contributed by atoms with E-state index in [1.807, 2.05) is 0 Å². The van der Waals surface area contributed by atoms with Crippen LogP contribution < -0.4 is 10.4 Å². The van der Waals surface area contributed by atoms with Crippen LogP contribution in [0.15, 0.2) is 18.7 Å². The van der Waals surface area contributed by atoms with Crippen LogP contribution in [0.4, 0.5) is 0 Å². The van der Waals surface area contributed by atoms with Gasteiger partial charge in [0.1, 0.15) is 11.5 Å². The Bertz CT molecular complexity index is 459. The maximum Gasteiger partial charge on any atom is 0.343 e. The average Bonchev–Trinajstić information content (AvgIpc) is 2.26. The molecule has 0 aromatic carbocycles. The standard InChI is InChI=1S/C12H14Br2O3/c1-3-4-5-9-10(16-2)6-8(7-11(13)14)17-12(9)15/h6-7H,3-5H2,1-2H3. The molecule has 0 aliphatic carbocycles. The SMILES string of the molecule is CCCCc1c(OC)cc(C=C(Br)Br)oc1=O. The molecule has 94 valence electrons. The number of ether oxygens (including phenoxy) is 1. The lowest BCUT2D eigenvalue weighted by atomic mass is 10.1. The highest BCUT2D eigenvalue weighted by Gasteiger charge is 2.11. The average molecular weight is 366 g/mol. The summed E-state index contributed by atoms with van der Waals surface area (Å²) >= 11 is 6.44. The van der Waals surface area contributed by atoms with Crippen molar-refractivity contribution in [3.05, 3.63) is 31.2 Å². The zero-order valence-electron chi connectivity index (χ0n) is 9.76. The third kappa shape index (κ3) is 4.32. The zero-order valence-corrected chi connectivity index (χ0v) is 12.9. The molecular formula is C12H14Br2O3. The van der Waals surface area contributed by atoms with Crippen molar-refractivity contribution in [1.82, 2.24) is 0 Å². The van der Waals surface area contributed by atoms with E-state index in [0.29, 0.717) is 26.9 Å². The van der Waals surface area contributed by atoms with Crippen LogP contribution in [-0.4, -0.2) is 7.11 Å². The van der Waals surface area contributed by atoms with Gasteiger partial charge in [-0.05, 0) is 44.7 Å². The molecule has 0 fully saturated rings. The minimum absolute atomic E-state index is 0.328. The Labute approximate surface area is 117 Å². The number of hydrogen-bond acceptors (Lipinski definition) is 3. The predicted molar refractivity (Wildman–Crippen MR) is 76.0 cm³/mol. The molecule has 5 heteroatoms. The fraction of sp³-hybridized carbons (Fsp3) is 0.417. The Hall–Kier alpha value is -0.550. The summed E-state index contributed by atoms with van der Waals surface area (Å²) in [5.74, 6) is 1.04. The third-order valence-electron chi connectivity index (χ3n) is 2.28. The van der Waals surface area contributed by atoms with E-state index in [0.717, 1.165) is 12.8 Å². The molecule has 0 saturated heterocycles. The monoisotopic (exact) mass is 364 g/mol. The number of methoxy groups -OCH3 is 1. The van der Waals surface area contributed by atoms with Gasteiger partial charge >= 0.3 is 5.63 Å². The van der Waals surface area contributed by atoms with E-state index in [-0.39, 0.29) is 5.63 Å². The smallest absolute Gasteiger partial charge is 0.343 e. The van der Waals surface area contributed by atoms with Gasteiger partial charge in [-0.2, -0.15) is 0 Å². The molecule has 1 aromatic heterocycles. The van der Waals surface area contributed by atoms with Crippen LogP contribution in [0.1, 0.15) is 31.1 Å².